The van der Waals surface area contributed by atoms with E-state index in [2.05, 4.69) is 20.3 Å². The van der Waals surface area contributed by atoms with Gasteiger partial charge in [-0.2, -0.15) is 0 Å². The zero-order valence-corrected chi connectivity index (χ0v) is 15.6. The summed E-state index contributed by atoms with van der Waals surface area (Å²) in [6.45, 7) is 6.64. The van der Waals surface area contributed by atoms with Gasteiger partial charge >= 0.3 is 0 Å². The Labute approximate surface area is 155 Å². The molecule has 0 N–H and O–H groups in total. The second kappa shape index (κ2) is 7.30. The quantitative estimate of drug-likeness (QED) is 0.621. The van der Waals surface area contributed by atoms with Crippen LogP contribution in [0.2, 0.25) is 0 Å². The molecule has 2 aromatic heterocycles. The lowest BCUT2D eigenvalue weighted by Gasteiger charge is -2.13. The summed E-state index contributed by atoms with van der Waals surface area (Å²) in [5, 5.41) is 8.16. The fourth-order valence-corrected chi connectivity index (χ4v) is 2.92. The van der Waals surface area contributed by atoms with Gasteiger partial charge in [-0.1, -0.05) is 37.3 Å². The van der Waals surface area contributed by atoms with E-state index in [4.69, 9.17) is 0 Å². The summed E-state index contributed by atoms with van der Waals surface area (Å²) in [4.78, 5) is 33.1. The molecule has 8 heteroatoms. The number of rotatable bonds is 6. The molecule has 3 rings (SSSR count). The van der Waals surface area contributed by atoms with Crippen LogP contribution in [0.3, 0.4) is 0 Å². The number of benzene rings is 1. The van der Waals surface area contributed by atoms with E-state index >= 15 is 0 Å². The Kier molecular flexibility index (Phi) is 5.07. The van der Waals surface area contributed by atoms with Crippen LogP contribution in [0, 0.1) is 5.82 Å². The topological polar surface area (TPSA) is 90.6 Å². The zero-order chi connectivity index (χ0) is 19.7. The van der Waals surface area contributed by atoms with E-state index in [0.717, 1.165) is 0 Å². The van der Waals surface area contributed by atoms with E-state index in [9.17, 15) is 14.0 Å². The van der Waals surface area contributed by atoms with Crippen molar-refractivity contribution < 1.29 is 14.0 Å². The van der Waals surface area contributed by atoms with Gasteiger partial charge in [0.25, 0.3) is 0 Å². The number of ketones is 2. The van der Waals surface area contributed by atoms with Crippen LogP contribution in [0.5, 0.6) is 0 Å². The summed E-state index contributed by atoms with van der Waals surface area (Å²) in [5.74, 6) is -1.58. The van der Waals surface area contributed by atoms with E-state index in [1.165, 1.54) is 24.6 Å². The molecule has 7 nitrogen and oxygen atoms in total. The Balaban J connectivity index is 2.20. The number of carbonyl (C=O) groups excluding carboxylic acids is 2. The second-order valence-corrected chi connectivity index (χ2v) is 6.79. The molecule has 0 aliphatic rings. The summed E-state index contributed by atoms with van der Waals surface area (Å²) in [6.07, 6.45) is 0. The number of carbonyl (C=O) groups is 2. The lowest BCUT2D eigenvalue weighted by molar-refractivity contribution is -0.126. The lowest BCUT2D eigenvalue weighted by Crippen LogP contribution is -2.20. The van der Waals surface area contributed by atoms with Crippen molar-refractivity contribution in [3.8, 4) is 0 Å². The lowest BCUT2D eigenvalue weighted by atomic mass is 9.95. The summed E-state index contributed by atoms with van der Waals surface area (Å²) >= 11 is 0. The Bertz CT molecular complexity index is 1010. The third kappa shape index (κ3) is 3.60. The van der Waals surface area contributed by atoms with Crippen molar-refractivity contribution in [1.29, 1.82) is 0 Å². The van der Waals surface area contributed by atoms with Crippen molar-refractivity contribution in [1.82, 2.24) is 25.0 Å². The van der Waals surface area contributed by atoms with Crippen LogP contribution in [0.25, 0.3) is 11.2 Å². The molecule has 0 saturated carbocycles. The van der Waals surface area contributed by atoms with Crippen molar-refractivity contribution in [2.45, 2.75) is 46.1 Å². The molecule has 0 amide bonds. The highest BCUT2D eigenvalue weighted by atomic mass is 19.1. The van der Waals surface area contributed by atoms with Crippen LogP contribution in [-0.2, 0) is 16.1 Å². The Hall–Kier alpha value is -3.03. The van der Waals surface area contributed by atoms with Crippen LogP contribution in [0.1, 0.15) is 56.6 Å². The first-order chi connectivity index (χ1) is 12.8. The maximum Gasteiger partial charge on any atom is 0.182 e. The van der Waals surface area contributed by atoms with Crippen LogP contribution in [0.4, 0.5) is 4.39 Å². The van der Waals surface area contributed by atoms with Crippen LogP contribution in [-0.4, -0.2) is 36.5 Å². The third-order valence-corrected chi connectivity index (χ3v) is 4.29. The first-order valence-electron chi connectivity index (χ1n) is 8.65. The van der Waals surface area contributed by atoms with E-state index in [0.29, 0.717) is 17.0 Å². The minimum atomic E-state index is -1.02. The molecule has 0 spiro atoms. The van der Waals surface area contributed by atoms with Gasteiger partial charge in [0.2, 0.25) is 0 Å². The number of halogens is 1. The molecule has 0 aliphatic heterocycles. The van der Waals surface area contributed by atoms with Gasteiger partial charge in [-0.3, -0.25) is 9.59 Å². The number of hydrogen-bond acceptors (Lipinski definition) is 6. The summed E-state index contributed by atoms with van der Waals surface area (Å²) in [5.41, 5.74) is 1.35. The SMILES string of the molecule is CC(=O)C(C(C)=O)c1nc(C(C)C)nc2c1nnn2Cc1ccccc1F. The van der Waals surface area contributed by atoms with Crippen LogP contribution >= 0.6 is 0 Å². The molecular formula is C19H20FN5O2. The van der Waals surface area contributed by atoms with Crippen molar-refractivity contribution in [2.75, 3.05) is 0 Å². The fourth-order valence-electron chi connectivity index (χ4n) is 2.92. The smallest absolute Gasteiger partial charge is 0.182 e. The number of hydrogen-bond donors (Lipinski definition) is 0. The minimum absolute atomic E-state index is 0.0375. The predicted octanol–water partition coefficient (Wildman–Crippen LogP) is 2.79. The monoisotopic (exact) mass is 369 g/mol. The molecule has 27 heavy (non-hydrogen) atoms. The highest BCUT2D eigenvalue weighted by molar-refractivity contribution is 6.07. The fraction of sp³-hybridized carbons (Fsp3) is 0.368. The molecular weight excluding hydrogens is 349 g/mol. The normalized spacial score (nSPS) is 11.5. The molecule has 0 radical (unpaired) electrons. The summed E-state index contributed by atoms with van der Waals surface area (Å²) < 4.78 is 15.5. The van der Waals surface area contributed by atoms with E-state index in [-0.39, 0.29) is 41.1 Å². The Morgan fingerprint density at radius 3 is 2.37 bits per heavy atom. The van der Waals surface area contributed by atoms with Gasteiger partial charge in [-0.05, 0) is 19.9 Å². The average Bonchev–Trinajstić information content (AvgIpc) is 2.99. The first kappa shape index (κ1) is 18.8. The van der Waals surface area contributed by atoms with E-state index < -0.39 is 5.92 Å². The molecule has 1 aromatic carbocycles. The minimum Gasteiger partial charge on any atom is -0.299 e. The average molecular weight is 369 g/mol. The van der Waals surface area contributed by atoms with E-state index in [1.807, 2.05) is 13.8 Å². The number of Topliss-reactive ketones (excluding diaryl/α,β-unsaturated/α-hetero) is 2. The molecule has 140 valence electrons. The predicted molar refractivity (Wildman–Crippen MR) is 96.8 cm³/mol. The van der Waals surface area contributed by atoms with Gasteiger partial charge < -0.3 is 0 Å². The Morgan fingerprint density at radius 1 is 1.11 bits per heavy atom. The van der Waals surface area contributed by atoms with Gasteiger partial charge in [-0.25, -0.2) is 19.0 Å². The molecule has 0 fully saturated rings. The van der Waals surface area contributed by atoms with Gasteiger partial charge in [0.1, 0.15) is 29.1 Å². The highest BCUT2D eigenvalue weighted by Crippen LogP contribution is 2.26. The molecule has 0 aliphatic carbocycles. The maximum absolute atomic E-state index is 14.0. The van der Waals surface area contributed by atoms with Crippen LogP contribution in [0.15, 0.2) is 24.3 Å². The number of fused-ring (bicyclic) bond motifs is 1. The highest BCUT2D eigenvalue weighted by Gasteiger charge is 2.29. The zero-order valence-electron chi connectivity index (χ0n) is 15.6. The van der Waals surface area contributed by atoms with Crippen molar-refractivity contribution >= 4 is 22.7 Å². The Morgan fingerprint density at radius 2 is 1.78 bits per heavy atom. The van der Waals surface area contributed by atoms with Gasteiger partial charge in [0.15, 0.2) is 11.2 Å². The molecule has 0 saturated heterocycles. The summed E-state index contributed by atoms with van der Waals surface area (Å²) in [7, 11) is 0. The van der Waals surface area contributed by atoms with E-state index in [1.54, 1.807) is 18.2 Å². The number of nitrogens with zero attached hydrogens (tertiary/aromatic N) is 5. The summed E-state index contributed by atoms with van der Waals surface area (Å²) in [6, 6.07) is 6.37. The van der Waals surface area contributed by atoms with Crippen molar-refractivity contribution in [3.63, 3.8) is 0 Å². The van der Waals surface area contributed by atoms with Crippen molar-refractivity contribution in [2.24, 2.45) is 0 Å². The molecule has 3 aromatic rings. The third-order valence-electron chi connectivity index (χ3n) is 4.29. The molecule has 0 bridgehead atoms. The van der Waals surface area contributed by atoms with Gasteiger partial charge in [0.05, 0.1) is 12.2 Å². The number of aromatic nitrogens is 5. The second-order valence-electron chi connectivity index (χ2n) is 6.79. The van der Waals surface area contributed by atoms with Gasteiger partial charge in [0, 0.05) is 11.5 Å². The van der Waals surface area contributed by atoms with Crippen LogP contribution < -0.4 is 0 Å². The molecule has 0 atom stereocenters. The van der Waals surface area contributed by atoms with Gasteiger partial charge in [-0.15, -0.1) is 5.10 Å². The maximum atomic E-state index is 14.0. The largest absolute Gasteiger partial charge is 0.299 e. The molecule has 2 heterocycles. The first-order valence-corrected chi connectivity index (χ1v) is 8.65. The standard InChI is InChI=1S/C19H20FN5O2/c1-10(2)18-21-16(15(11(3)26)12(4)27)17-19(22-18)25(24-23-17)9-13-7-5-6-8-14(13)20/h5-8,10,15H,9H2,1-4H3. The van der Waals surface area contributed by atoms with Crippen molar-refractivity contribution in [3.05, 3.63) is 47.2 Å². The molecule has 0 unspecified atom stereocenters.